The summed E-state index contributed by atoms with van der Waals surface area (Å²) in [5, 5.41) is 11.9. The van der Waals surface area contributed by atoms with Crippen LogP contribution in [-0.4, -0.2) is 24.2 Å². The summed E-state index contributed by atoms with van der Waals surface area (Å²) in [5.74, 6) is -0.217. The lowest BCUT2D eigenvalue weighted by molar-refractivity contribution is 0.0955. The van der Waals surface area contributed by atoms with Crippen molar-refractivity contribution in [3.63, 3.8) is 0 Å². The number of carbonyl (C=O) groups excluding carboxylic acids is 1. The first-order valence-electron chi connectivity index (χ1n) is 4.81. The Kier molecular flexibility index (Phi) is 4.24. The summed E-state index contributed by atoms with van der Waals surface area (Å²) in [4.78, 5) is 11.4. The second-order valence-electron chi connectivity index (χ2n) is 3.16. The molecule has 0 saturated carbocycles. The van der Waals surface area contributed by atoms with Crippen LogP contribution in [0.15, 0.2) is 24.3 Å². The molecule has 0 aliphatic heterocycles. The molecular formula is C11H14FNO2. The maximum Gasteiger partial charge on any atom is 0.251 e. The molecule has 0 fully saturated rings. The molecular weight excluding hydrogens is 197 g/mol. The van der Waals surface area contributed by atoms with Gasteiger partial charge in [0.1, 0.15) is 12.8 Å². The quantitative estimate of drug-likeness (QED) is 0.791. The van der Waals surface area contributed by atoms with Crippen LogP contribution in [0.5, 0.6) is 0 Å². The molecule has 1 aromatic carbocycles. The van der Waals surface area contributed by atoms with E-state index in [9.17, 15) is 14.3 Å². The molecule has 1 amide bonds. The fourth-order valence-electron chi connectivity index (χ4n) is 1.24. The van der Waals surface area contributed by atoms with Gasteiger partial charge in [-0.3, -0.25) is 4.79 Å². The van der Waals surface area contributed by atoms with Gasteiger partial charge in [-0.25, -0.2) is 4.39 Å². The van der Waals surface area contributed by atoms with E-state index in [-0.39, 0.29) is 5.91 Å². The van der Waals surface area contributed by atoms with Gasteiger partial charge in [-0.05, 0) is 24.6 Å². The Labute approximate surface area is 87.9 Å². The third kappa shape index (κ3) is 3.02. The van der Waals surface area contributed by atoms with Gasteiger partial charge in [0.05, 0.1) is 0 Å². The highest BCUT2D eigenvalue weighted by atomic mass is 19.1. The smallest absolute Gasteiger partial charge is 0.251 e. The Balaban J connectivity index is 2.87. The molecule has 1 atom stereocenters. The lowest BCUT2D eigenvalue weighted by atomic mass is 10.1. The van der Waals surface area contributed by atoms with E-state index < -0.39 is 12.8 Å². The van der Waals surface area contributed by atoms with E-state index in [1.807, 2.05) is 6.92 Å². The first kappa shape index (κ1) is 11.7. The average molecular weight is 211 g/mol. The minimum Gasteiger partial charge on any atom is -0.386 e. The highest BCUT2D eigenvalue weighted by Crippen LogP contribution is 2.14. The van der Waals surface area contributed by atoms with Gasteiger partial charge in [0, 0.05) is 12.1 Å². The van der Waals surface area contributed by atoms with Crippen LogP contribution in [0.4, 0.5) is 4.39 Å². The molecule has 0 saturated heterocycles. The van der Waals surface area contributed by atoms with E-state index in [1.54, 1.807) is 18.2 Å². The average Bonchev–Trinajstić information content (AvgIpc) is 2.28. The predicted octanol–water partition coefficient (Wildman–Crippen LogP) is 1.44. The molecule has 0 bridgehead atoms. The lowest BCUT2D eigenvalue weighted by Crippen LogP contribution is -2.22. The van der Waals surface area contributed by atoms with Gasteiger partial charge in [-0.15, -0.1) is 0 Å². The number of hydrogen-bond donors (Lipinski definition) is 2. The molecule has 0 aliphatic rings. The molecule has 0 heterocycles. The molecule has 1 rings (SSSR count). The van der Waals surface area contributed by atoms with Gasteiger partial charge in [-0.1, -0.05) is 12.1 Å². The topological polar surface area (TPSA) is 49.3 Å². The number of aliphatic hydroxyl groups excluding tert-OH is 1. The number of nitrogens with one attached hydrogen (secondary N) is 1. The highest BCUT2D eigenvalue weighted by Gasteiger charge is 2.10. The summed E-state index contributed by atoms with van der Waals surface area (Å²) in [5.41, 5.74) is 0.850. The lowest BCUT2D eigenvalue weighted by Gasteiger charge is -2.08. The number of hydrogen-bond acceptors (Lipinski definition) is 2. The molecule has 1 unspecified atom stereocenters. The van der Waals surface area contributed by atoms with E-state index in [0.717, 1.165) is 0 Å². The molecule has 0 aliphatic carbocycles. The normalized spacial score (nSPS) is 12.2. The Hall–Kier alpha value is -1.42. The fraction of sp³-hybridized carbons (Fsp3) is 0.364. The van der Waals surface area contributed by atoms with Crippen molar-refractivity contribution < 1.29 is 14.3 Å². The predicted molar refractivity (Wildman–Crippen MR) is 55.4 cm³/mol. The van der Waals surface area contributed by atoms with E-state index in [4.69, 9.17) is 0 Å². The SMILES string of the molecule is CCNC(=O)c1cccc(C(O)CF)c1. The molecule has 0 aromatic heterocycles. The molecule has 1 aromatic rings. The number of amides is 1. The van der Waals surface area contributed by atoms with Gasteiger partial charge >= 0.3 is 0 Å². The largest absolute Gasteiger partial charge is 0.386 e. The molecule has 0 spiro atoms. The molecule has 2 N–H and O–H groups in total. The minimum absolute atomic E-state index is 0.217. The van der Waals surface area contributed by atoms with Crippen molar-refractivity contribution in [3.8, 4) is 0 Å². The highest BCUT2D eigenvalue weighted by molar-refractivity contribution is 5.94. The molecule has 15 heavy (non-hydrogen) atoms. The van der Waals surface area contributed by atoms with E-state index in [0.29, 0.717) is 17.7 Å². The summed E-state index contributed by atoms with van der Waals surface area (Å²) in [6.45, 7) is 1.51. The molecule has 0 radical (unpaired) electrons. The van der Waals surface area contributed by atoms with Crippen LogP contribution in [0.1, 0.15) is 28.9 Å². The van der Waals surface area contributed by atoms with E-state index in [1.165, 1.54) is 6.07 Å². The van der Waals surface area contributed by atoms with Crippen molar-refractivity contribution in [1.82, 2.24) is 5.32 Å². The third-order valence-corrected chi connectivity index (χ3v) is 2.02. The summed E-state index contributed by atoms with van der Waals surface area (Å²) in [6.07, 6.45) is -1.15. The number of rotatable bonds is 4. The molecule has 82 valence electrons. The van der Waals surface area contributed by atoms with Crippen LogP contribution in [0, 0.1) is 0 Å². The van der Waals surface area contributed by atoms with Gasteiger partial charge in [0.2, 0.25) is 0 Å². The Morgan fingerprint density at radius 3 is 2.93 bits per heavy atom. The second kappa shape index (κ2) is 5.46. The number of aliphatic hydroxyl groups is 1. The van der Waals surface area contributed by atoms with Crippen LogP contribution in [0.25, 0.3) is 0 Å². The molecule has 3 nitrogen and oxygen atoms in total. The number of benzene rings is 1. The van der Waals surface area contributed by atoms with Crippen LogP contribution in [0.2, 0.25) is 0 Å². The number of halogens is 1. The van der Waals surface area contributed by atoms with Gasteiger partial charge in [0.25, 0.3) is 5.91 Å². The second-order valence-corrected chi connectivity index (χ2v) is 3.16. The molecule has 4 heteroatoms. The summed E-state index contributed by atoms with van der Waals surface area (Å²) in [6, 6.07) is 6.33. The number of alkyl halides is 1. The van der Waals surface area contributed by atoms with Gasteiger partial charge in [0.15, 0.2) is 0 Å². The van der Waals surface area contributed by atoms with Crippen molar-refractivity contribution in [2.45, 2.75) is 13.0 Å². The fourth-order valence-corrected chi connectivity index (χ4v) is 1.24. The maximum absolute atomic E-state index is 12.2. The van der Waals surface area contributed by atoms with Crippen molar-refractivity contribution in [3.05, 3.63) is 35.4 Å². The van der Waals surface area contributed by atoms with E-state index in [2.05, 4.69) is 5.32 Å². The minimum atomic E-state index is -1.15. The van der Waals surface area contributed by atoms with Gasteiger partial charge in [-0.2, -0.15) is 0 Å². The Morgan fingerprint density at radius 2 is 2.33 bits per heavy atom. The zero-order valence-corrected chi connectivity index (χ0v) is 8.53. The van der Waals surface area contributed by atoms with Crippen LogP contribution in [-0.2, 0) is 0 Å². The van der Waals surface area contributed by atoms with Crippen LogP contribution < -0.4 is 5.32 Å². The van der Waals surface area contributed by atoms with Gasteiger partial charge < -0.3 is 10.4 Å². The third-order valence-electron chi connectivity index (χ3n) is 2.02. The maximum atomic E-state index is 12.2. The van der Waals surface area contributed by atoms with Crippen molar-refractivity contribution in [2.75, 3.05) is 13.2 Å². The summed E-state index contributed by atoms with van der Waals surface area (Å²) in [7, 11) is 0. The van der Waals surface area contributed by atoms with Crippen LogP contribution in [0.3, 0.4) is 0 Å². The Morgan fingerprint density at radius 1 is 1.60 bits per heavy atom. The van der Waals surface area contributed by atoms with Crippen molar-refractivity contribution in [1.29, 1.82) is 0 Å². The summed E-state index contributed by atoms with van der Waals surface area (Å²) >= 11 is 0. The number of carbonyl (C=O) groups is 1. The van der Waals surface area contributed by atoms with Crippen molar-refractivity contribution in [2.24, 2.45) is 0 Å². The van der Waals surface area contributed by atoms with Crippen molar-refractivity contribution >= 4 is 5.91 Å². The monoisotopic (exact) mass is 211 g/mol. The zero-order valence-electron chi connectivity index (χ0n) is 8.53. The summed E-state index contributed by atoms with van der Waals surface area (Å²) < 4.78 is 12.2. The zero-order chi connectivity index (χ0) is 11.3. The first-order valence-corrected chi connectivity index (χ1v) is 4.81. The Bertz CT molecular complexity index is 341. The standard InChI is InChI=1S/C11H14FNO2/c1-2-13-11(15)9-5-3-4-8(6-9)10(14)7-12/h3-6,10,14H,2,7H2,1H3,(H,13,15). The van der Waals surface area contributed by atoms with E-state index >= 15 is 0 Å². The first-order chi connectivity index (χ1) is 7.19. The van der Waals surface area contributed by atoms with Crippen LogP contribution >= 0.6 is 0 Å².